The molecule has 2 aliphatic rings. The molecule has 0 amide bonds. The fourth-order valence-electron chi connectivity index (χ4n) is 3.93. The molecule has 94 valence electrons. The Labute approximate surface area is 106 Å². The summed E-state index contributed by atoms with van der Waals surface area (Å²) >= 11 is 6.22. The maximum absolute atomic E-state index is 6.22. The van der Waals surface area contributed by atoms with Gasteiger partial charge >= 0.3 is 0 Å². The van der Waals surface area contributed by atoms with E-state index in [0.717, 1.165) is 23.2 Å². The van der Waals surface area contributed by atoms with Crippen molar-refractivity contribution in [3.05, 3.63) is 0 Å². The number of hydrogen-bond donors (Lipinski definition) is 0. The van der Waals surface area contributed by atoms with Crippen LogP contribution in [-0.2, 0) is 0 Å². The highest BCUT2D eigenvalue weighted by Crippen LogP contribution is 2.63. The number of halogens is 1. The molecule has 0 nitrogen and oxygen atoms in total. The maximum Gasteiger partial charge on any atom is 0.0336 e. The van der Waals surface area contributed by atoms with Crippen LogP contribution in [0.1, 0.15) is 65.7 Å². The third kappa shape index (κ3) is 2.28. The van der Waals surface area contributed by atoms with Crippen LogP contribution in [-0.4, -0.2) is 5.38 Å². The lowest BCUT2D eigenvalue weighted by Crippen LogP contribution is -2.31. The molecular weight excluding hydrogens is 216 g/mol. The van der Waals surface area contributed by atoms with Crippen LogP contribution in [0.25, 0.3) is 0 Å². The van der Waals surface area contributed by atoms with Crippen LogP contribution in [0, 0.1) is 23.2 Å². The Bertz CT molecular complexity index is 224. The van der Waals surface area contributed by atoms with E-state index in [1.807, 2.05) is 0 Å². The van der Waals surface area contributed by atoms with Crippen molar-refractivity contribution in [1.82, 2.24) is 0 Å². The molecule has 0 radical (unpaired) electrons. The molecule has 0 heterocycles. The summed E-state index contributed by atoms with van der Waals surface area (Å²) in [6.07, 6.45) is 9.66. The van der Waals surface area contributed by atoms with Crippen molar-refractivity contribution in [3.8, 4) is 0 Å². The summed E-state index contributed by atoms with van der Waals surface area (Å²) in [6.45, 7) is 7.29. The minimum Gasteiger partial charge on any atom is -0.123 e. The van der Waals surface area contributed by atoms with Crippen LogP contribution in [0.15, 0.2) is 0 Å². The second-order valence-corrected chi connectivity index (χ2v) is 6.97. The summed E-state index contributed by atoms with van der Waals surface area (Å²) in [7, 11) is 0. The predicted octanol–water partition coefficient (Wildman–Crippen LogP) is 5.25. The normalized spacial score (nSPS) is 36.8. The van der Waals surface area contributed by atoms with E-state index >= 15 is 0 Å². The number of rotatable bonds is 4. The summed E-state index contributed by atoms with van der Waals surface area (Å²) in [5.41, 5.74) is 0.729. The first-order chi connectivity index (χ1) is 7.60. The van der Waals surface area contributed by atoms with Crippen molar-refractivity contribution in [1.29, 1.82) is 0 Å². The zero-order valence-corrected chi connectivity index (χ0v) is 11.9. The average Bonchev–Trinajstić information content (AvgIpc) is 3.09. The molecule has 0 aromatic heterocycles. The first-order valence-electron chi connectivity index (χ1n) is 7.24. The summed E-state index contributed by atoms with van der Waals surface area (Å²) in [4.78, 5) is 0. The molecular formula is C15H27Cl. The van der Waals surface area contributed by atoms with Gasteiger partial charge in [-0.2, -0.15) is 0 Å². The minimum absolute atomic E-state index is 0.478. The van der Waals surface area contributed by atoms with E-state index in [0.29, 0.717) is 5.38 Å². The molecule has 0 aromatic carbocycles. The molecule has 0 N–H and O–H groups in total. The van der Waals surface area contributed by atoms with E-state index in [1.54, 1.807) is 0 Å². The standard InChI is InChI=1S/C15H27Cl/c1-4-11(2)12(3)15(9-10-15)13-5-7-14(16)8-6-13/h11-14H,4-10H2,1-3H3. The van der Waals surface area contributed by atoms with E-state index in [-0.39, 0.29) is 0 Å². The molecule has 0 aromatic rings. The average molecular weight is 243 g/mol. The third-order valence-corrected chi connectivity index (χ3v) is 6.14. The Morgan fingerprint density at radius 2 is 1.69 bits per heavy atom. The van der Waals surface area contributed by atoms with Crippen LogP contribution in [0.5, 0.6) is 0 Å². The number of alkyl halides is 1. The molecule has 0 spiro atoms. The van der Waals surface area contributed by atoms with Gasteiger partial charge in [0.1, 0.15) is 0 Å². The lowest BCUT2D eigenvalue weighted by Gasteiger charge is -2.38. The highest BCUT2D eigenvalue weighted by Gasteiger charge is 2.53. The Balaban J connectivity index is 1.97. The van der Waals surface area contributed by atoms with E-state index in [2.05, 4.69) is 20.8 Å². The summed E-state index contributed by atoms with van der Waals surface area (Å²) < 4.78 is 0. The minimum atomic E-state index is 0.478. The Morgan fingerprint density at radius 1 is 1.12 bits per heavy atom. The Hall–Kier alpha value is 0.290. The zero-order chi connectivity index (χ0) is 11.8. The van der Waals surface area contributed by atoms with Gasteiger partial charge in [0.25, 0.3) is 0 Å². The van der Waals surface area contributed by atoms with Gasteiger partial charge in [0.2, 0.25) is 0 Å². The molecule has 2 unspecified atom stereocenters. The molecule has 0 saturated heterocycles. The second-order valence-electron chi connectivity index (χ2n) is 6.36. The van der Waals surface area contributed by atoms with Gasteiger partial charge < -0.3 is 0 Å². The first-order valence-corrected chi connectivity index (χ1v) is 7.68. The van der Waals surface area contributed by atoms with Crippen molar-refractivity contribution in [3.63, 3.8) is 0 Å². The monoisotopic (exact) mass is 242 g/mol. The molecule has 2 saturated carbocycles. The largest absolute Gasteiger partial charge is 0.123 e. The van der Waals surface area contributed by atoms with Crippen molar-refractivity contribution < 1.29 is 0 Å². The van der Waals surface area contributed by atoms with Crippen LogP contribution < -0.4 is 0 Å². The van der Waals surface area contributed by atoms with Gasteiger partial charge in [-0.25, -0.2) is 0 Å². The molecule has 2 aliphatic carbocycles. The van der Waals surface area contributed by atoms with E-state index in [9.17, 15) is 0 Å². The van der Waals surface area contributed by atoms with E-state index in [1.165, 1.54) is 44.9 Å². The van der Waals surface area contributed by atoms with Gasteiger partial charge in [0.05, 0.1) is 0 Å². The fourth-order valence-corrected chi connectivity index (χ4v) is 4.18. The molecule has 1 heteroatoms. The highest BCUT2D eigenvalue weighted by molar-refractivity contribution is 6.20. The molecule has 0 bridgehead atoms. The third-order valence-electron chi connectivity index (χ3n) is 5.70. The highest BCUT2D eigenvalue weighted by atomic mass is 35.5. The van der Waals surface area contributed by atoms with Gasteiger partial charge in [-0.15, -0.1) is 11.6 Å². The Kier molecular flexibility index (Phi) is 3.89. The van der Waals surface area contributed by atoms with Crippen LogP contribution in [0.2, 0.25) is 0 Å². The quantitative estimate of drug-likeness (QED) is 0.591. The van der Waals surface area contributed by atoms with Crippen LogP contribution in [0.4, 0.5) is 0 Å². The van der Waals surface area contributed by atoms with Gasteiger partial charge in [-0.1, -0.05) is 27.2 Å². The van der Waals surface area contributed by atoms with Crippen molar-refractivity contribution in [2.24, 2.45) is 23.2 Å². The van der Waals surface area contributed by atoms with Crippen molar-refractivity contribution in [2.75, 3.05) is 0 Å². The van der Waals surface area contributed by atoms with Gasteiger partial charge in [-0.05, 0) is 61.7 Å². The molecule has 2 fully saturated rings. The molecule has 2 atom stereocenters. The molecule has 0 aliphatic heterocycles. The summed E-state index contributed by atoms with van der Waals surface area (Å²) in [5, 5.41) is 0.478. The summed E-state index contributed by atoms with van der Waals surface area (Å²) in [5.74, 6) is 2.82. The number of hydrogen-bond acceptors (Lipinski definition) is 0. The topological polar surface area (TPSA) is 0 Å². The Morgan fingerprint density at radius 3 is 2.12 bits per heavy atom. The van der Waals surface area contributed by atoms with Gasteiger partial charge in [-0.3, -0.25) is 0 Å². The van der Waals surface area contributed by atoms with Crippen molar-refractivity contribution >= 4 is 11.6 Å². The van der Waals surface area contributed by atoms with Crippen molar-refractivity contribution in [2.45, 2.75) is 71.1 Å². The fraction of sp³-hybridized carbons (Fsp3) is 1.00. The lowest BCUT2D eigenvalue weighted by atomic mass is 9.68. The van der Waals surface area contributed by atoms with Crippen LogP contribution in [0.3, 0.4) is 0 Å². The maximum atomic E-state index is 6.22. The smallest absolute Gasteiger partial charge is 0.0336 e. The summed E-state index contributed by atoms with van der Waals surface area (Å²) in [6, 6.07) is 0. The second kappa shape index (κ2) is 4.88. The molecule has 2 rings (SSSR count). The van der Waals surface area contributed by atoms with E-state index < -0.39 is 0 Å². The van der Waals surface area contributed by atoms with E-state index in [4.69, 9.17) is 11.6 Å². The SMILES string of the molecule is CCC(C)C(C)C1(C2CCC(Cl)CC2)CC1. The first kappa shape index (κ1) is 12.7. The van der Waals surface area contributed by atoms with Gasteiger partial charge in [0.15, 0.2) is 0 Å². The van der Waals surface area contributed by atoms with Gasteiger partial charge in [0, 0.05) is 5.38 Å². The lowest BCUT2D eigenvalue weighted by molar-refractivity contribution is 0.124. The van der Waals surface area contributed by atoms with Crippen LogP contribution >= 0.6 is 11.6 Å². The molecule has 16 heavy (non-hydrogen) atoms. The predicted molar refractivity (Wildman–Crippen MR) is 71.9 cm³/mol. The zero-order valence-electron chi connectivity index (χ0n) is 11.1.